The van der Waals surface area contributed by atoms with E-state index < -0.39 is 0 Å². The summed E-state index contributed by atoms with van der Waals surface area (Å²) in [5.41, 5.74) is 7.66. The summed E-state index contributed by atoms with van der Waals surface area (Å²) in [5.74, 6) is 0.750. The number of anilines is 1. The first-order chi connectivity index (χ1) is 21.9. The minimum atomic E-state index is -0.375. The van der Waals surface area contributed by atoms with Gasteiger partial charge >= 0.3 is 20.1 Å². The van der Waals surface area contributed by atoms with Gasteiger partial charge in [-0.15, -0.1) is 41.6 Å². The molecule has 0 bridgehead atoms. The quantitative estimate of drug-likeness (QED) is 0.198. The fourth-order valence-electron chi connectivity index (χ4n) is 6.61. The molecular weight excluding hydrogens is 747 g/mol. The number of aromatic nitrogens is 1. The molecule has 7 rings (SSSR count). The number of pyridine rings is 1. The number of aliphatic hydroxyl groups is 2. The van der Waals surface area contributed by atoms with Crippen LogP contribution in [0.5, 0.6) is 0 Å². The monoisotopic (exact) mass is 795 g/mol. The Morgan fingerprint density at radius 3 is 2.15 bits per heavy atom. The van der Waals surface area contributed by atoms with Crippen LogP contribution >= 0.6 is 0 Å². The van der Waals surface area contributed by atoms with E-state index in [2.05, 4.69) is 83.1 Å². The van der Waals surface area contributed by atoms with Crippen LogP contribution < -0.4 is 4.90 Å². The van der Waals surface area contributed by atoms with Gasteiger partial charge in [0.05, 0.1) is 12.2 Å². The molecular formula is C40H48IrN3O2. The Labute approximate surface area is 289 Å². The van der Waals surface area contributed by atoms with Gasteiger partial charge in [-0.05, 0) is 99.9 Å². The minimum Gasteiger partial charge on any atom is -0.508 e. The van der Waals surface area contributed by atoms with Gasteiger partial charge in [0, 0.05) is 17.6 Å². The zero-order chi connectivity index (χ0) is 31.6. The number of benzene rings is 3. The average Bonchev–Trinajstić information content (AvgIpc) is 3.42. The zero-order valence-electron chi connectivity index (χ0n) is 27.5. The van der Waals surface area contributed by atoms with Crippen LogP contribution in [0.3, 0.4) is 0 Å². The molecule has 3 aliphatic rings. The molecule has 2 unspecified atom stereocenters. The summed E-state index contributed by atoms with van der Waals surface area (Å²) in [5, 5.41) is 19.6. The first-order valence-electron chi connectivity index (χ1n) is 16.7. The molecule has 1 saturated carbocycles. The van der Waals surface area contributed by atoms with Crippen LogP contribution in [-0.4, -0.2) is 39.4 Å². The van der Waals surface area contributed by atoms with Gasteiger partial charge < -0.3 is 25.0 Å². The number of hydrogen-bond acceptors (Lipinski definition) is 5. The Balaban J connectivity index is 0.000000176. The van der Waals surface area contributed by atoms with E-state index in [-0.39, 0.29) is 32.3 Å². The van der Waals surface area contributed by atoms with E-state index in [0.29, 0.717) is 6.42 Å². The maximum Gasteiger partial charge on any atom is 3.00 e. The molecule has 3 aromatic carbocycles. The third-order valence-corrected chi connectivity index (χ3v) is 8.86. The van der Waals surface area contributed by atoms with Crippen LogP contribution in [0, 0.1) is 18.8 Å². The number of aliphatic hydroxyl groups excluding tert-OH is 2. The van der Waals surface area contributed by atoms with Crippen molar-refractivity contribution in [2.45, 2.75) is 96.2 Å². The average molecular weight is 795 g/mol. The third-order valence-electron chi connectivity index (χ3n) is 8.86. The van der Waals surface area contributed by atoms with E-state index in [9.17, 15) is 0 Å². The third kappa shape index (κ3) is 9.75. The molecule has 0 saturated heterocycles. The number of rotatable bonds is 5. The summed E-state index contributed by atoms with van der Waals surface area (Å²) < 4.78 is 0. The van der Waals surface area contributed by atoms with E-state index >= 15 is 0 Å². The second-order valence-electron chi connectivity index (χ2n) is 12.7. The molecule has 2 atom stereocenters. The number of para-hydroxylation sites is 1. The van der Waals surface area contributed by atoms with E-state index in [1.54, 1.807) is 13.8 Å². The molecule has 2 aliphatic carbocycles. The Morgan fingerprint density at radius 1 is 0.826 bits per heavy atom. The smallest absolute Gasteiger partial charge is 0.508 e. The Hall–Kier alpha value is -3.02. The summed E-state index contributed by atoms with van der Waals surface area (Å²) in [6.07, 6.45) is 13.6. The molecule has 0 spiro atoms. The SMILES string of the molecule is CC(O)CC(C)O.CN1[CH-]N(c2[c-]cccc2)C2=C1CCCC2.[Ir+3].[c-]1ccccc1-c1cc2ccc(C3CCCCC3)cc2cn1. The van der Waals surface area contributed by atoms with Crippen molar-refractivity contribution in [2.75, 3.05) is 11.9 Å². The standard InChI is InChI=1S/C21H20N.C14H16N2.C5H12O2.Ir/c1-3-7-16(8-4-1)18-11-12-19-14-21(22-15-20(19)13-18)17-9-5-2-6-10-17;1-15-11-16(12-7-3-2-4-8-12)14-10-6-5-9-13(14)15;1-4(6)3-5(2)7;/h2,5-6,9,11-16H,1,3-4,7-8H2;2-4,7,11H,5-6,9-10H2,1H3;4-7H,3H2,1-2H3;/q-1;-2;;+3. The van der Waals surface area contributed by atoms with E-state index in [0.717, 1.165) is 22.9 Å². The van der Waals surface area contributed by atoms with Crippen molar-refractivity contribution in [3.63, 3.8) is 0 Å². The minimum absolute atomic E-state index is 0. The largest absolute Gasteiger partial charge is 3.00 e. The van der Waals surface area contributed by atoms with Crippen molar-refractivity contribution < 1.29 is 30.3 Å². The van der Waals surface area contributed by atoms with Crippen molar-refractivity contribution in [1.82, 2.24) is 9.88 Å². The van der Waals surface area contributed by atoms with E-state index in [1.807, 2.05) is 36.5 Å². The first kappa shape index (κ1) is 35.8. The Bertz CT molecular complexity index is 1510. The number of hydrogen-bond donors (Lipinski definition) is 2. The van der Waals surface area contributed by atoms with Crippen LogP contribution in [0.15, 0.2) is 90.4 Å². The van der Waals surface area contributed by atoms with Crippen LogP contribution in [0.1, 0.15) is 89.5 Å². The zero-order valence-corrected chi connectivity index (χ0v) is 29.9. The Morgan fingerprint density at radius 2 is 1.52 bits per heavy atom. The van der Waals surface area contributed by atoms with Crippen LogP contribution in [0.2, 0.25) is 0 Å². The van der Waals surface area contributed by atoms with Gasteiger partial charge in [-0.25, -0.2) is 0 Å². The summed E-state index contributed by atoms with van der Waals surface area (Å²) in [4.78, 5) is 9.18. The van der Waals surface area contributed by atoms with Crippen molar-refractivity contribution >= 4 is 16.5 Å². The molecule has 0 amide bonds. The van der Waals surface area contributed by atoms with Crippen LogP contribution in [0.25, 0.3) is 22.0 Å². The van der Waals surface area contributed by atoms with Crippen molar-refractivity contribution in [2.24, 2.45) is 0 Å². The van der Waals surface area contributed by atoms with Gasteiger partial charge in [-0.1, -0.05) is 37.5 Å². The molecule has 0 radical (unpaired) electrons. The Kier molecular flexibility index (Phi) is 13.8. The second kappa shape index (κ2) is 17.8. The summed E-state index contributed by atoms with van der Waals surface area (Å²) in [6, 6.07) is 31.8. The van der Waals surface area contributed by atoms with E-state index in [1.165, 1.54) is 85.5 Å². The molecule has 5 nitrogen and oxygen atoms in total. The molecule has 2 N–H and O–H groups in total. The van der Waals surface area contributed by atoms with Crippen LogP contribution in [-0.2, 0) is 20.1 Å². The predicted molar refractivity (Wildman–Crippen MR) is 185 cm³/mol. The summed E-state index contributed by atoms with van der Waals surface area (Å²) in [7, 11) is 2.14. The molecule has 244 valence electrons. The van der Waals surface area contributed by atoms with Gasteiger partial charge in [0.15, 0.2) is 0 Å². The van der Waals surface area contributed by atoms with E-state index in [4.69, 9.17) is 10.2 Å². The first-order valence-corrected chi connectivity index (χ1v) is 16.7. The predicted octanol–water partition coefficient (Wildman–Crippen LogP) is 9.03. The summed E-state index contributed by atoms with van der Waals surface area (Å²) in [6.45, 7) is 5.50. The number of allylic oxidation sites excluding steroid dienone is 2. The molecule has 2 heterocycles. The fraction of sp³-hybridized carbons (Fsp3) is 0.400. The van der Waals surface area contributed by atoms with Crippen molar-refractivity contribution in [3.8, 4) is 11.3 Å². The van der Waals surface area contributed by atoms with Gasteiger partial charge in [0.1, 0.15) is 0 Å². The van der Waals surface area contributed by atoms with Crippen LogP contribution in [0.4, 0.5) is 5.69 Å². The molecule has 6 heteroatoms. The molecule has 1 aliphatic heterocycles. The number of nitrogens with zero attached hydrogens (tertiary/aromatic N) is 3. The van der Waals surface area contributed by atoms with Crippen molar-refractivity contribution in [1.29, 1.82) is 0 Å². The maximum absolute atomic E-state index is 8.56. The molecule has 46 heavy (non-hydrogen) atoms. The maximum atomic E-state index is 8.56. The fourth-order valence-corrected chi connectivity index (χ4v) is 6.61. The molecule has 1 aromatic heterocycles. The van der Waals surface area contributed by atoms with Gasteiger partial charge in [-0.2, -0.15) is 37.0 Å². The normalized spacial score (nSPS) is 17.6. The van der Waals surface area contributed by atoms with Gasteiger partial charge in [0.25, 0.3) is 0 Å². The van der Waals surface area contributed by atoms with Gasteiger partial charge in [-0.3, -0.25) is 0 Å². The second-order valence-corrected chi connectivity index (χ2v) is 12.7. The molecule has 4 aromatic rings. The molecule has 1 fully saturated rings. The number of fused-ring (bicyclic) bond motifs is 1. The summed E-state index contributed by atoms with van der Waals surface area (Å²) >= 11 is 0. The van der Waals surface area contributed by atoms with Crippen molar-refractivity contribution in [3.05, 3.63) is 115 Å². The topological polar surface area (TPSA) is 59.8 Å². The van der Waals surface area contributed by atoms with Gasteiger partial charge in [0.2, 0.25) is 0 Å².